The highest BCUT2D eigenvalue weighted by atomic mass is 79.9. The molecule has 0 bridgehead atoms. The van der Waals surface area contributed by atoms with E-state index in [2.05, 4.69) is 35.4 Å². The number of ether oxygens (including phenoxy) is 1. The molecule has 1 atom stereocenters. The van der Waals surface area contributed by atoms with Gasteiger partial charge >= 0.3 is 6.09 Å². The molecule has 0 radical (unpaired) electrons. The number of fused-ring (bicyclic) bond motifs is 1. The molecule has 1 aromatic carbocycles. The van der Waals surface area contributed by atoms with Crippen LogP contribution < -0.4 is 5.32 Å². The van der Waals surface area contributed by atoms with Crippen molar-refractivity contribution >= 4 is 39.7 Å². The van der Waals surface area contributed by atoms with Gasteiger partial charge in [-0.1, -0.05) is 6.07 Å². The summed E-state index contributed by atoms with van der Waals surface area (Å²) >= 11 is 0. The van der Waals surface area contributed by atoms with Crippen molar-refractivity contribution < 1.29 is 9.53 Å². The van der Waals surface area contributed by atoms with Crippen LogP contribution in [0.2, 0.25) is 0 Å². The van der Waals surface area contributed by atoms with Crippen molar-refractivity contribution in [3.63, 3.8) is 0 Å². The van der Waals surface area contributed by atoms with Crippen LogP contribution in [0.1, 0.15) is 12.5 Å². The number of benzene rings is 1. The summed E-state index contributed by atoms with van der Waals surface area (Å²) in [6.45, 7) is 3.45. The number of amides is 1. The van der Waals surface area contributed by atoms with E-state index < -0.39 is 0 Å². The van der Waals surface area contributed by atoms with Gasteiger partial charge in [-0.3, -0.25) is 0 Å². The Hall–Kier alpha value is -1.69. The third-order valence-corrected chi connectivity index (χ3v) is 3.82. The first kappa shape index (κ1) is 15.7. The van der Waals surface area contributed by atoms with E-state index in [0.717, 1.165) is 24.2 Å². The standard InChI is InChI=1S/C15H19N3O2.BrH/c1-3-16-14-8-17-13-5-4-10(7-12(13)14)6-11-9-20-15(19)18(11)2;/h4-5,7-8,11,16-17H,3,6,9H2,1-2H3;1H. The van der Waals surface area contributed by atoms with Crippen LogP contribution in [0, 0.1) is 0 Å². The van der Waals surface area contributed by atoms with E-state index in [-0.39, 0.29) is 29.1 Å². The smallest absolute Gasteiger partial charge is 0.409 e. The number of rotatable bonds is 4. The average Bonchev–Trinajstić information content (AvgIpc) is 2.98. The molecule has 1 aliphatic rings. The monoisotopic (exact) mass is 353 g/mol. The second-order valence-electron chi connectivity index (χ2n) is 5.16. The van der Waals surface area contributed by atoms with E-state index in [1.165, 1.54) is 10.9 Å². The Bertz CT molecular complexity index is 641. The number of aromatic amines is 1. The predicted octanol–water partition coefficient (Wildman–Crippen LogP) is 3.17. The molecule has 2 aromatic rings. The molecule has 114 valence electrons. The predicted molar refractivity (Wildman–Crippen MR) is 89.4 cm³/mol. The van der Waals surface area contributed by atoms with Gasteiger partial charge in [0.1, 0.15) is 6.61 Å². The molecule has 6 heteroatoms. The molecule has 2 N–H and O–H groups in total. The molecular formula is C15H20BrN3O2. The number of carbonyl (C=O) groups is 1. The SMILES string of the molecule is Br.CCNc1c[nH]c2ccc(CC3COC(=O)N3C)cc12. The van der Waals surface area contributed by atoms with Crippen LogP contribution in [0.3, 0.4) is 0 Å². The first-order chi connectivity index (χ1) is 9.69. The van der Waals surface area contributed by atoms with Gasteiger partial charge in [0.05, 0.1) is 11.7 Å². The maximum Gasteiger partial charge on any atom is 0.409 e. The average molecular weight is 354 g/mol. The summed E-state index contributed by atoms with van der Waals surface area (Å²) in [6, 6.07) is 6.50. The maximum atomic E-state index is 11.4. The lowest BCUT2D eigenvalue weighted by Crippen LogP contribution is -2.31. The van der Waals surface area contributed by atoms with Crippen LogP contribution in [0.5, 0.6) is 0 Å². The lowest BCUT2D eigenvalue weighted by atomic mass is 10.0. The normalized spacial score (nSPS) is 17.7. The molecule has 0 spiro atoms. The topological polar surface area (TPSA) is 57.4 Å². The van der Waals surface area contributed by atoms with E-state index in [1.54, 1.807) is 11.9 Å². The second-order valence-corrected chi connectivity index (χ2v) is 5.16. The van der Waals surface area contributed by atoms with Gasteiger partial charge in [-0.2, -0.15) is 0 Å². The zero-order chi connectivity index (χ0) is 14.1. The lowest BCUT2D eigenvalue weighted by molar-refractivity contribution is 0.163. The number of anilines is 1. The fraction of sp³-hybridized carbons (Fsp3) is 0.400. The molecule has 1 amide bonds. The number of likely N-dealkylation sites (N-methyl/N-ethyl adjacent to an activating group) is 1. The fourth-order valence-corrected chi connectivity index (χ4v) is 2.63. The number of aromatic nitrogens is 1. The first-order valence-electron chi connectivity index (χ1n) is 6.92. The van der Waals surface area contributed by atoms with Crippen molar-refractivity contribution in [1.82, 2.24) is 9.88 Å². The molecule has 1 saturated heterocycles. The molecule has 0 aliphatic carbocycles. The molecule has 0 saturated carbocycles. The fourth-order valence-electron chi connectivity index (χ4n) is 2.63. The minimum absolute atomic E-state index is 0. The number of cyclic esters (lactones) is 1. The Balaban J connectivity index is 0.00000161. The van der Waals surface area contributed by atoms with Gasteiger partial charge in [-0.15, -0.1) is 17.0 Å². The van der Waals surface area contributed by atoms with Crippen LogP contribution in [0.15, 0.2) is 24.4 Å². The van der Waals surface area contributed by atoms with Crippen molar-refractivity contribution in [2.24, 2.45) is 0 Å². The summed E-state index contributed by atoms with van der Waals surface area (Å²) in [4.78, 5) is 16.3. The van der Waals surface area contributed by atoms with E-state index in [9.17, 15) is 4.79 Å². The van der Waals surface area contributed by atoms with E-state index in [1.807, 2.05) is 6.20 Å². The number of H-pyrrole nitrogens is 1. The molecule has 21 heavy (non-hydrogen) atoms. The Morgan fingerprint density at radius 2 is 2.29 bits per heavy atom. The minimum atomic E-state index is -0.230. The highest BCUT2D eigenvalue weighted by Gasteiger charge is 2.29. The Kier molecular flexibility index (Phi) is 4.77. The summed E-state index contributed by atoms with van der Waals surface area (Å²) in [5.74, 6) is 0. The molecule has 1 unspecified atom stereocenters. The highest BCUT2D eigenvalue weighted by molar-refractivity contribution is 8.93. The molecule has 1 fully saturated rings. The van der Waals surface area contributed by atoms with Crippen LogP contribution in [0.25, 0.3) is 10.9 Å². The largest absolute Gasteiger partial charge is 0.447 e. The van der Waals surface area contributed by atoms with Gasteiger partial charge in [0.15, 0.2) is 0 Å². The van der Waals surface area contributed by atoms with Crippen molar-refractivity contribution in [3.05, 3.63) is 30.0 Å². The quantitative estimate of drug-likeness (QED) is 0.887. The van der Waals surface area contributed by atoms with Crippen molar-refractivity contribution in [2.45, 2.75) is 19.4 Å². The molecule has 1 aromatic heterocycles. The Morgan fingerprint density at radius 3 is 2.95 bits per heavy atom. The first-order valence-corrected chi connectivity index (χ1v) is 6.92. The Labute approximate surface area is 134 Å². The van der Waals surface area contributed by atoms with Crippen LogP contribution in [-0.4, -0.2) is 42.2 Å². The maximum absolute atomic E-state index is 11.4. The summed E-state index contributed by atoms with van der Waals surface area (Å²) < 4.78 is 5.05. The van der Waals surface area contributed by atoms with E-state index >= 15 is 0 Å². The van der Waals surface area contributed by atoms with E-state index in [4.69, 9.17) is 4.74 Å². The van der Waals surface area contributed by atoms with Crippen LogP contribution in [0.4, 0.5) is 10.5 Å². The van der Waals surface area contributed by atoms with Crippen molar-refractivity contribution in [2.75, 3.05) is 25.5 Å². The number of halogens is 1. The van der Waals surface area contributed by atoms with Crippen LogP contribution in [-0.2, 0) is 11.2 Å². The zero-order valence-corrected chi connectivity index (χ0v) is 13.9. The van der Waals surface area contributed by atoms with E-state index in [0.29, 0.717) is 6.61 Å². The number of nitrogens with one attached hydrogen (secondary N) is 2. The highest BCUT2D eigenvalue weighted by Crippen LogP contribution is 2.25. The lowest BCUT2D eigenvalue weighted by Gasteiger charge is -2.16. The molecule has 2 heterocycles. The van der Waals surface area contributed by atoms with Crippen molar-refractivity contribution in [1.29, 1.82) is 0 Å². The zero-order valence-electron chi connectivity index (χ0n) is 12.2. The number of nitrogens with zero attached hydrogens (tertiary/aromatic N) is 1. The minimum Gasteiger partial charge on any atom is -0.447 e. The molecule has 3 rings (SSSR count). The summed E-state index contributed by atoms with van der Waals surface area (Å²) in [7, 11) is 1.79. The van der Waals surface area contributed by atoms with Gasteiger partial charge in [0.2, 0.25) is 0 Å². The Morgan fingerprint density at radius 1 is 1.48 bits per heavy atom. The van der Waals surface area contributed by atoms with Gasteiger partial charge in [-0.05, 0) is 31.0 Å². The van der Waals surface area contributed by atoms with Gasteiger partial charge in [0.25, 0.3) is 0 Å². The van der Waals surface area contributed by atoms with Crippen LogP contribution >= 0.6 is 17.0 Å². The second kappa shape index (κ2) is 6.39. The third kappa shape index (κ3) is 3.00. The number of carbonyl (C=O) groups excluding carboxylic acids is 1. The summed E-state index contributed by atoms with van der Waals surface area (Å²) in [5, 5.41) is 4.54. The summed E-state index contributed by atoms with van der Waals surface area (Å²) in [5.41, 5.74) is 3.46. The third-order valence-electron chi connectivity index (χ3n) is 3.82. The van der Waals surface area contributed by atoms with Crippen molar-refractivity contribution in [3.8, 4) is 0 Å². The summed E-state index contributed by atoms with van der Waals surface area (Å²) in [6.07, 6.45) is 2.58. The molecular weight excluding hydrogens is 334 g/mol. The number of hydrogen-bond acceptors (Lipinski definition) is 3. The molecule has 5 nitrogen and oxygen atoms in total. The van der Waals surface area contributed by atoms with Gasteiger partial charge in [-0.25, -0.2) is 4.79 Å². The van der Waals surface area contributed by atoms with Gasteiger partial charge in [0, 0.05) is 30.7 Å². The van der Waals surface area contributed by atoms with Gasteiger partial charge < -0.3 is 19.9 Å². The number of hydrogen-bond donors (Lipinski definition) is 2. The molecule has 1 aliphatic heterocycles.